The molecule has 1 N–H and O–H groups in total. The monoisotopic (exact) mass is 299 g/mol. The minimum Gasteiger partial charge on any atom is -0.390 e. The minimum absolute atomic E-state index is 0.0191. The van der Waals surface area contributed by atoms with Gasteiger partial charge >= 0.3 is 0 Å². The Bertz CT molecular complexity index is 573. The molecule has 0 spiro atoms. The topological polar surface area (TPSA) is 50.9 Å². The molecule has 3 rings (SSSR count). The average molecular weight is 299 g/mol. The summed E-state index contributed by atoms with van der Waals surface area (Å²) in [6.07, 6.45) is 9.02. The normalized spacial score (nSPS) is 16.0. The van der Waals surface area contributed by atoms with Gasteiger partial charge < -0.3 is 5.11 Å². The van der Waals surface area contributed by atoms with Gasteiger partial charge in [0, 0.05) is 0 Å². The van der Waals surface area contributed by atoms with Crippen molar-refractivity contribution >= 4 is 0 Å². The molecule has 0 atom stereocenters. The van der Waals surface area contributed by atoms with Crippen LogP contribution in [0.2, 0.25) is 0 Å². The van der Waals surface area contributed by atoms with Crippen molar-refractivity contribution in [3.8, 4) is 0 Å². The summed E-state index contributed by atoms with van der Waals surface area (Å²) in [5, 5.41) is 17.9. The Balaban J connectivity index is 1.69. The Kier molecular flexibility index (Phi) is 5.22. The lowest BCUT2D eigenvalue weighted by Crippen LogP contribution is -2.12. The zero-order chi connectivity index (χ0) is 15.2. The molecule has 1 heterocycles. The van der Waals surface area contributed by atoms with Crippen molar-refractivity contribution in [1.82, 2.24) is 15.0 Å². The first kappa shape index (κ1) is 15.2. The molecule has 1 aliphatic rings. The summed E-state index contributed by atoms with van der Waals surface area (Å²) >= 11 is 0. The highest BCUT2D eigenvalue weighted by Crippen LogP contribution is 2.28. The van der Waals surface area contributed by atoms with Gasteiger partial charge in [-0.25, -0.2) is 4.68 Å². The summed E-state index contributed by atoms with van der Waals surface area (Å²) in [6, 6.07) is 10.3. The van der Waals surface area contributed by atoms with Gasteiger partial charge in [-0.3, -0.25) is 0 Å². The maximum absolute atomic E-state index is 9.52. The first-order valence-corrected chi connectivity index (χ1v) is 8.43. The van der Waals surface area contributed by atoms with Crippen LogP contribution in [-0.2, 0) is 19.6 Å². The van der Waals surface area contributed by atoms with Crippen molar-refractivity contribution < 1.29 is 5.11 Å². The number of hydrogen-bond donors (Lipinski definition) is 1. The smallest absolute Gasteiger partial charge is 0.111 e. The molecule has 1 fully saturated rings. The SMILES string of the molecule is OCc1nnn(Cc2ccccc2)c1CCC1CCCCC1. The Morgan fingerprint density at radius 2 is 1.86 bits per heavy atom. The van der Waals surface area contributed by atoms with E-state index in [9.17, 15) is 5.11 Å². The van der Waals surface area contributed by atoms with E-state index in [2.05, 4.69) is 22.4 Å². The number of rotatable bonds is 6. The third-order valence-electron chi connectivity index (χ3n) is 4.76. The predicted molar refractivity (Wildman–Crippen MR) is 86.4 cm³/mol. The van der Waals surface area contributed by atoms with Crippen LogP contribution in [0, 0.1) is 5.92 Å². The summed E-state index contributed by atoms with van der Waals surface area (Å²) < 4.78 is 1.96. The van der Waals surface area contributed by atoms with Crippen LogP contribution >= 0.6 is 0 Å². The van der Waals surface area contributed by atoms with Crippen LogP contribution in [0.5, 0.6) is 0 Å². The lowest BCUT2D eigenvalue weighted by molar-refractivity contribution is 0.274. The molecule has 118 valence electrons. The number of hydrogen-bond acceptors (Lipinski definition) is 3. The zero-order valence-corrected chi connectivity index (χ0v) is 13.1. The van der Waals surface area contributed by atoms with Crippen LogP contribution < -0.4 is 0 Å². The second-order valence-corrected chi connectivity index (χ2v) is 6.33. The Morgan fingerprint density at radius 3 is 2.59 bits per heavy atom. The van der Waals surface area contributed by atoms with E-state index in [4.69, 9.17) is 0 Å². The van der Waals surface area contributed by atoms with Crippen LogP contribution in [0.1, 0.15) is 55.5 Å². The zero-order valence-electron chi connectivity index (χ0n) is 13.1. The number of nitrogens with zero attached hydrogens (tertiary/aromatic N) is 3. The lowest BCUT2D eigenvalue weighted by atomic mass is 9.85. The molecule has 0 unspecified atom stereocenters. The first-order valence-electron chi connectivity index (χ1n) is 8.43. The molecule has 22 heavy (non-hydrogen) atoms. The Hall–Kier alpha value is -1.68. The van der Waals surface area contributed by atoms with Crippen molar-refractivity contribution in [1.29, 1.82) is 0 Å². The highest BCUT2D eigenvalue weighted by atomic mass is 16.3. The minimum atomic E-state index is -0.0191. The molecule has 0 radical (unpaired) electrons. The quantitative estimate of drug-likeness (QED) is 0.890. The van der Waals surface area contributed by atoms with Gasteiger partial charge in [0.25, 0.3) is 0 Å². The summed E-state index contributed by atoms with van der Waals surface area (Å²) in [5.41, 5.74) is 3.07. The average Bonchev–Trinajstić information content (AvgIpc) is 2.96. The van der Waals surface area contributed by atoms with Gasteiger partial charge in [-0.05, 0) is 24.3 Å². The van der Waals surface area contributed by atoms with Crippen LogP contribution in [0.3, 0.4) is 0 Å². The lowest BCUT2D eigenvalue weighted by Gasteiger charge is -2.21. The van der Waals surface area contributed by atoms with Gasteiger partial charge in [0.1, 0.15) is 5.69 Å². The van der Waals surface area contributed by atoms with Crippen LogP contribution in [0.15, 0.2) is 30.3 Å². The second-order valence-electron chi connectivity index (χ2n) is 6.33. The van der Waals surface area contributed by atoms with Crippen molar-refractivity contribution in [2.45, 2.75) is 58.1 Å². The molecule has 0 amide bonds. The largest absolute Gasteiger partial charge is 0.390 e. The van der Waals surface area contributed by atoms with Crippen molar-refractivity contribution in [3.05, 3.63) is 47.3 Å². The van der Waals surface area contributed by atoms with E-state index in [0.717, 1.165) is 30.3 Å². The van der Waals surface area contributed by atoms with Gasteiger partial charge in [0.05, 0.1) is 18.8 Å². The van der Waals surface area contributed by atoms with E-state index in [1.54, 1.807) is 0 Å². The molecule has 2 aromatic rings. The third-order valence-corrected chi connectivity index (χ3v) is 4.76. The van der Waals surface area contributed by atoms with Crippen molar-refractivity contribution in [2.75, 3.05) is 0 Å². The number of aromatic nitrogens is 3. The maximum Gasteiger partial charge on any atom is 0.111 e. The van der Waals surface area contributed by atoms with Gasteiger partial charge in [0.2, 0.25) is 0 Å². The first-order chi connectivity index (χ1) is 10.9. The van der Waals surface area contributed by atoms with Gasteiger partial charge in [-0.15, -0.1) is 5.10 Å². The second kappa shape index (κ2) is 7.54. The van der Waals surface area contributed by atoms with Crippen LogP contribution in [0.25, 0.3) is 0 Å². The molecule has 0 aliphatic heterocycles. The highest BCUT2D eigenvalue weighted by molar-refractivity contribution is 5.17. The summed E-state index contributed by atoms with van der Waals surface area (Å²) in [7, 11) is 0. The maximum atomic E-state index is 9.52. The van der Waals surface area contributed by atoms with Gasteiger partial charge in [0.15, 0.2) is 0 Å². The van der Waals surface area contributed by atoms with Crippen molar-refractivity contribution in [3.63, 3.8) is 0 Å². The summed E-state index contributed by atoms with van der Waals surface area (Å²) in [4.78, 5) is 0. The van der Waals surface area contributed by atoms with E-state index in [1.807, 2.05) is 22.9 Å². The van der Waals surface area contributed by atoms with Crippen LogP contribution in [0.4, 0.5) is 0 Å². The molecule has 0 bridgehead atoms. The fourth-order valence-corrected chi connectivity index (χ4v) is 3.46. The Labute approximate surface area is 132 Å². The van der Waals surface area contributed by atoms with Gasteiger partial charge in [-0.2, -0.15) is 0 Å². The third kappa shape index (κ3) is 3.74. The molecule has 4 nitrogen and oxygen atoms in total. The standard InChI is InChI=1S/C18H25N3O/c22-14-17-18(12-11-15-7-3-1-4-8-15)21(20-19-17)13-16-9-5-2-6-10-16/h2,5-6,9-10,15,22H,1,3-4,7-8,11-14H2. The molecule has 1 aliphatic carbocycles. The van der Waals surface area contributed by atoms with E-state index in [-0.39, 0.29) is 6.61 Å². The number of aliphatic hydroxyl groups excluding tert-OH is 1. The number of benzene rings is 1. The van der Waals surface area contributed by atoms with Gasteiger partial charge in [-0.1, -0.05) is 67.6 Å². The molecule has 0 saturated heterocycles. The predicted octanol–water partition coefficient (Wildman–Crippen LogP) is 3.33. The molecule has 4 heteroatoms. The van der Waals surface area contributed by atoms with E-state index in [1.165, 1.54) is 44.1 Å². The summed E-state index contributed by atoms with van der Waals surface area (Å²) in [5.74, 6) is 0.834. The highest BCUT2D eigenvalue weighted by Gasteiger charge is 2.17. The molecule has 1 saturated carbocycles. The molecular weight excluding hydrogens is 274 g/mol. The van der Waals surface area contributed by atoms with Crippen molar-refractivity contribution in [2.24, 2.45) is 5.92 Å². The molecule has 1 aromatic carbocycles. The Morgan fingerprint density at radius 1 is 1.09 bits per heavy atom. The fraction of sp³-hybridized carbons (Fsp3) is 0.556. The molecular formula is C18H25N3O. The fourth-order valence-electron chi connectivity index (χ4n) is 3.46. The van der Waals surface area contributed by atoms with E-state index in [0.29, 0.717) is 0 Å². The summed E-state index contributed by atoms with van der Waals surface area (Å²) in [6.45, 7) is 0.711. The number of aliphatic hydroxyl groups is 1. The van der Waals surface area contributed by atoms with E-state index >= 15 is 0 Å². The van der Waals surface area contributed by atoms with E-state index < -0.39 is 0 Å². The van der Waals surface area contributed by atoms with Crippen LogP contribution in [-0.4, -0.2) is 20.1 Å². The molecule has 1 aromatic heterocycles.